The number of nitrogens with zero attached hydrogens (tertiary/aromatic N) is 1. The molecule has 1 aliphatic heterocycles. The summed E-state index contributed by atoms with van der Waals surface area (Å²) in [5.74, 6) is 2.41. The van der Waals surface area contributed by atoms with E-state index in [-0.39, 0.29) is 0 Å². The van der Waals surface area contributed by atoms with Gasteiger partial charge in [0, 0.05) is 6.42 Å². The van der Waals surface area contributed by atoms with Crippen LogP contribution >= 0.6 is 11.3 Å². The van der Waals surface area contributed by atoms with Crippen molar-refractivity contribution in [2.45, 2.75) is 26.2 Å². The molecule has 0 bridgehead atoms. The predicted molar refractivity (Wildman–Crippen MR) is 84.6 cm³/mol. The van der Waals surface area contributed by atoms with Crippen LogP contribution in [-0.4, -0.2) is 25.2 Å². The molecule has 1 aromatic heterocycles. The van der Waals surface area contributed by atoms with Gasteiger partial charge in [0.15, 0.2) is 0 Å². The minimum Gasteiger partial charge on any atom is -0.497 e. The Morgan fingerprint density at radius 3 is 3.15 bits per heavy atom. The number of hydrogen-bond acceptors (Lipinski definition) is 4. The Kier molecular flexibility index (Phi) is 4.22. The zero-order valence-corrected chi connectivity index (χ0v) is 13.0. The van der Waals surface area contributed by atoms with Gasteiger partial charge in [0.25, 0.3) is 0 Å². The Morgan fingerprint density at radius 1 is 1.50 bits per heavy atom. The molecule has 1 N–H and O–H groups in total. The van der Waals surface area contributed by atoms with Gasteiger partial charge >= 0.3 is 0 Å². The molecule has 20 heavy (non-hydrogen) atoms. The average molecular weight is 290 g/mol. The van der Waals surface area contributed by atoms with E-state index in [0.717, 1.165) is 23.6 Å². The lowest BCUT2D eigenvalue weighted by atomic mass is 9.86. The van der Waals surface area contributed by atoms with Crippen molar-refractivity contribution in [1.29, 1.82) is 0 Å². The number of ether oxygens (including phenoxy) is 1. The molecule has 2 aromatic rings. The Morgan fingerprint density at radius 2 is 2.40 bits per heavy atom. The molecule has 2 atom stereocenters. The lowest BCUT2D eigenvalue weighted by Gasteiger charge is -2.27. The molecule has 0 saturated carbocycles. The first-order valence-corrected chi connectivity index (χ1v) is 8.22. The van der Waals surface area contributed by atoms with Crippen molar-refractivity contribution < 1.29 is 4.74 Å². The zero-order valence-electron chi connectivity index (χ0n) is 12.2. The number of rotatable bonds is 4. The number of benzene rings is 1. The third-order valence-corrected chi connectivity index (χ3v) is 5.32. The van der Waals surface area contributed by atoms with Crippen molar-refractivity contribution >= 4 is 21.6 Å². The second kappa shape index (κ2) is 6.10. The molecule has 1 fully saturated rings. The fourth-order valence-electron chi connectivity index (χ4n) is 2.97. The highest BCUT2D eigenvalue weighted by molar-refractivity contribution is 7.18. The van der Waals surface area contributed by atoms with Crippen LogP contribution in [0.3, 0.4) is 0 Å². The summed E-state index contributed by atoms with van der Waals surface area (Å²) in [6.45, 7) is 4.72. The number of hydrogen-bond donors (Lipinski definition) is 1. The summed E-state index contributed by atoms with van der Waals surface area (Å²) in [6.07, 6.45) is 3.76. The van der Waals surface area contributed by atoms with Crippen molar-refractivity contribution in [2.24, 2.45) is 11.8 Å². The molecule has 0 spiro atoms. The van der Waals surface area contributed by atoms with E-state index in [1.54, 1.807) is 7.11 Å². The Bertz CT molecular complexity index is 575. The summed E-state index contributed by atoms with van der Waals surface area (Å²) in [4.78, 5) is 4.77. The topological polar surface area (TPSA) is 34.1 Å². The van der Waals surface area contributed by atoms with Gasteiger partial charge in [-0.05, 0) is 56.0 Å². The van der Waals surface area contributed by atoms with E-state index in [2.05, 4.69) is 24.4 Å². The van der Waals surface area contributed by atoms with Crippen LogP contribution in [0.1, 0.15) is 24.8 Å². The standard InChI is InChI=1S/C16H22N2OS/c1-11(12-4-3-7-17-10-12)8-16-18-14-6-5-13(19-2)9-15(14)20-16/h5-6,9,11-12,17H,3-4,7-8,10H2,1-2H3. The van der Waals surface area contributed by atoms with E-state index in [1.807, 2.05) is 17.4 Å². The van der Waals surface area contributed by atoms with Crippen LogP contribution in [0.2, 0.25) is 0 Å². The monoisotopic (exact) mass is 290 g/mol. The number of thiazole rings is 1. The Hall–Kier alpha value is -1.13. The lowest BCUT2D eigenvalue weighted by Crippen LogP contribution is -2.33. The average Bonchev–Trinajstić information content (AvgIpc) is 2.89. The summed E-state index contributed by atoms with van der Waals surface area (Å²) >= 11 is 1.81. The van der Waals surface area contributed by atoms with E-state index in [0.29, 0.717) is 5.92 Å². The first-order valence-electron chi connectivity index (χ1n) is 7.40. The fourth-order valence-corrected chi connectivity index (χ4v) is 4.11. The first kappa shape index (κ1) is 13.8. The van der Waals surface area contributed by atoms with Crippen LogP contribution < -0.4 is 10.1 Å². The highest BCUT2D eigenvalue weighted by Gasteiger charge is 2.21. The molecule has 0 aliphatic carbocycles. The highest BCUT2D eigenvalue weighted by atomic mass is 32.1. The molecule has 3 nitrogen and oxygen atoms in total. The van der Waals surface area contributed by atoms with Crippen molar-refractivity contribution in [3.05, 3.63) is 23.2 Å². The van der Waals surface area contributed by atoms with Crippen molar-refractivity contribution in [2.75, 3.05) is 20.2 Å². The molecule has 1 aliphatic rings. The lowest BCUT2D eigenvalue weighted by molar-refractivity contribution is 0.279. The van der Waals surface area contributed by atoms with Crippen LogP contribution in [0.5, 0.6) is 5.75 Å². The molecule has 1 aromatic carbocycles. The fraction of sp³-hybridized carbons (Fsp3) is 0.562. The van der Waals surface area contributed by atoms with Gasteiger partial charge in [-0.2, -0.15) is 0 Å². The predicted octanol–water partition coefficient (Wildman–Crippen LogP) is 3.48. The summed E-state index contributed by atoms with van der Waals surface area (Å²) in [6, 6.07) is 6.13. The van der Waals surface area contributed by atoms with E-state index < -0.39 is 0 Å². The molecule has 0 radical (unpaired) electrons. The maximum Gasteiger partial charge on any atom is 0.120 e. The van der Waals surface area contributed by atoms with E-state index >= 15 is 0 Å². The van der Waals surface area contributed by atoms with Gasteiger partial charge in [-0.3, -0.25) is 0 Å². The SMILES string of the molecule is COc1ccc2nc(CC(C)C3CCCNC3)sc2c1. The molecule has 3 rings (SSSR count). The van der Waals surface area contributed by atoms with Crippen LogP contribution in [0.15, 0.2) is 18.2 Å². The third kappa shape index (κ3) is 2.96. The molecular weight excluding hydrogens is 268 g/mol. The minimum atomic E-state index is 0.699. The van der Waals surface area contributed by atoms with Gasteiger partial charge in [-0.1, -0.05) is 6.92 Å². The highest BCUT2D eigenvalue weighted by Crippen LogP contribution is 2.30. The number of piperidine rings is 1. The number of fused-ring (bicyclic) bond motifs is 1. The number of aromatic nitrogens is 1. The molecule has 0 amide bonds. The van der Waals surface area contributed by atoms with E-state index in [9.17, 15) is 0 Å². The van der Waals surface area contributed by atoms with Crippen molar-refractivity contribution in [3.63, 3.8) is 0 Å². The summed E-state index contributed by atoms with van der Waals surface area (Å²) < 4.78 is 6.51. The molecule has 2 unspecified atom stereocenters. The van der Waals surface area contributed by atoms with Crippen LogP contribution in [0.25, 0.3) is 10.2 Å². The van der Waals surface area contributed by atoms with Gasteiger partial charge < -0.3 is 10.1 Å². The minimum absolute atomic E-state index is 0.699. The van der Waals surface area contributed by atoms with Gasteiger partial charge in [-0.25, -0.2) is 4.98 Å². The van der Waals surface area contributed by atoms with Crippen LogP contribution in [0.4, 0.5) is 0 Å². The van der Waals surface area contributed by atoms with Crippen LogP contribution in [0, 0.1) is 11.8 Å². The Labute approximate surface area is 124 Å². The maximum absolute atomic E-state index is 5.28. The second-order valence-electron chi connectivity index (χ2n) is 5.73. The van der Waals surface area contributed by atoms with Gasteiger partial charge in [0.05, 0.1) is 22.3 Å². The quantitative estimate of drug-likeness (QED) is 0.936. The van der Waals surface area contributed by atoms with Gasteiger partial charge in [-0.15, -0.1) is 11.3 Å². The largest absolute Gasteiger partial charge is 0.497 e. The maximum atomic E-state index is 5.28. The molecule has 4 heteroatoms. The summed E-state index contributed by atoms with van der Waals surface area (Å²) in [7, 11) is 1.71. The van der Waals surface area contributed by atoms with Crippen molar-refractivity contribution in [1.82, 2.24) is 10.3 Å². The number of nitrogens with one attached hydrogen (secondary N) is 1. The summed E-state index contributed by atoms with van der Waals surface area (Å²) in [5.41, 5.74) is 1.10. The normalized spacial score (nSPS) is 21.0. The zero-order chi connectivity index (χ0) is 13.9. The smallest absolute Gasteiger partial charge is 0.120 e. The second-order valence-corrected chi connectivity index (χ2v) is 6.84. The summed E-state index contributed by atoms with van der Waals surface area (Å²) in [5, 5.41) is 4.77. The molecule has 108 valence electrons. The van der Waals surface area contributed by atoms with Crippen molar-refractivity contribution in [3.8, 4) is 5.75 Å². The number of methoxy groups -OCH3 is 1. The molecular formula is C16H22N2OS. The van der Waals surface area contributed by atoms with E-state index in [1.165, 1.54) is 35.6 Å². The van der Waals surface area contributed by atoms with E-state index in [4.69, 9.17) is 9.72 Å². The molecule has 2 heterocycles. The third-order valence-electron chi connectivity index (χ3n) is 4.28. The van der Waals surface area contributed by atoms with Crippen LogP contribution in [-0.2, 0) is 6.42 Å². The Balaban J connectivity index is 1.73. The molecule has 1 saturated heterocycles. The van der Waals surface area contributed by atoms with Gasteiger partial charge in [0.1, 0.15) is 5.75 Å². The first-order chi connectivity index (χ1) is 9.76. The van der Waals surface area contributed by atoms with Gasteiger partial charge in [0.2, 0.25) is 0 Å².